The highest BCUT2D eigenvalue weighted by Crippen LogP contribution is 2.37. The number of halogens is 1. The Morgan fingerprint density at radius 3 is 2.41 bits per heavy atom. The largest absolute Gasteiger partial charge is 0.493 e. The maximum Gasteiger partial charge on any atom is 0.253 e. The van der Waals surface area contributed by atoms with Gasteiger partial charge < -0.3 is 19.5 Å². The second-order valence-corrected chi connectivity index (χ2v) is 9.70. The summed E-state index contributed by atoms with van der Waals surface area (Å²) in [5, 5.41) is 2.84. The van der Waals surface area contributed by atoms with Crippen molar-refractivity contribution in [2.75, 3.05) is 64.2 Å². The molecule has 0 aliphatic carbocycles. The number of sulfonamides is 1. The van der Waals surface area contributed by atoms with Crippen molar-refractivity contribution < 1.29 is 31.8 Å². The normalized spacial score (nSPS) is 14.5. The quantitative estimate of drug-likeness (QED) is 0.538. The molecule has 1 aliphatic heterocycles. The van der Waals surface area contributed by atoms with E-state index >= 15 is 0 Å². The lowest BCUT2D eigenvalue weighted by molar-refractivity contribution is 0.0383. The van der Waals surface area contributed by atoms with Crippen molar-refractivity contribution >= 4 is 21.6 Å². The predicted molar refractivity (Wildman–Crippen MR) is 127 cm³/mol. The smallest absolute Gasteiger partial charge is 0.253 e. The highest BCUT2D eigenvalue weighted by Gasteiger charge is 2.27. The van der Waals surface area contributed by atoms with E-state index in [0.717, 1.165) is 23.7 Å². The molecule has 2 aromatic rings. The molecule has 0 saturated carbocycles. The van der Waals surface area contributed by atoms with Crippen LogP contribution in [0, 0.1) is 5.82 Å². The molecule has 2 aromatic carbocycles. The molecule has 0 atom stereocenters. The van der Waals surface area contributed by atoms with E-state index in [1.807, 2.05) is 0 Å². The van der Waals surface area contributed by atoms with Crippen molar-refractivity contribution in [3.05, 3.63) is 53.3 Å². The lowest BCUT2D eigenvalue weighted by Crippen LogP contribution is -2.41. The number of methoxy groups -OCH3 is 2. The van der Waals surface area contributed by atoms with Gasteiger partial charge in [-0.15, -0.1) is 0 Å². The van der Waals surface area contributed by atoms with Gasteiger partial charge in [-0.25, -0.2) is 12.8 Å². The van der Waals surface area contributed by atoms with Gasteiger partial charge in [0, 0.05) is 37.8 Å². The fraction of sp³-hybridized carbons (Fsp3) is 0.435. The molecule has 34 heavy (non-hydrogen) atoms. The number of benzene rings is 2. The molecule has 1 N–H and O–H groups in total. The number of anilines is 1. The molecule has 9 nitrogen and oxygen atoms in total. The van der Waals surface area contributed by atoms with Gasteiger partial charge in [-0.2, -0.15) is 0 Å². The lowest BCUT2D eigenvalue weighted by atomic mass is 10.1. The maximum absolute atomic E-state index is 14.4. The number of nitrogens with zero attached hydrogens (tertiary/aromatic N) is 2. The highest BCUT2D eigenvalue weighted by molar-refractivity contribution is 7.92. The monoisotopic (exact) mass is 495 g/mol. The van der Waals surface area contributed by atoms with Crippen molar-refractivity contribution in [3.8, 4) is 11.5 Å². The number of hydrogen-bond acceptors (Lipinski definition) is 7. The molecule has 0 aromatic heterocycles. The molecule has 1 amide bonds. The first-order chi connectivity index (χ1) is 16.2. The predicted octanol–water partition coefficient (Wildman–Crippen LogP) is 1.87. The molecule has 186 valence electrons. The number of nitrogens with one attached hydrogen (secondary N) is 1. The standard InChI is InChI=1S/C23H30FN3O6S/c1-31-21-14-18(23(28)25-8-9-26-10-12-33-13-11-26)20(15-22(21)32-2)27(34(3,29)30)16-17-6-4-5-7-19(17)24/h4-7,14-15H,8-13,16H2,1-3H3,(H,25,28). The summed E-state index contributed by atoms with van der Waals surface area (Å²) in [5.41, 5.74) is 0.301. The summed E-state index contributed by atoms with van der Waals surface area (Å²) >= 11 is 0. The third-order valence-corrected chi connectivity index (χ3v) is 6.63. The molecule has 0 spiro atoms. The average Bonchev–Trinajstić information content (AvgIpc) is 2.82. The van der Waals surface area contributed by atoms with Gasteiger partial charge in [-0.1, -0.05) is 18.2 Å². The molecule has 1 saturated heterocycles. The second-order valence-electron chi connectivity index (χ2n) is 7.80. The summed E-state index contributed by atoms with van der Waals surface area (Å²) in [6.45, 7) is 3.54. The van der Waals surface area contributed by atoms with Crippen LogP contribution in [0.25, 0.3) is 0 Å². The first-order valence-electron chi connectivity index (χ1n) is 10.8. The number of morpholine rings is 1. The molecule has 1 fully saturated rings. The molecule has 0 radical (unpaired) electrons. The highest BCUT2D eigenvalue weighted by atomic mass is 32.2. The first-order valence-corrected chi connectivity index (χ1v) is 12.6. The van der Waals surface area contributed by atoms with Crippen LogP contribution in [0.1, 0.15) is 15.9 Å². The lowest BCUT2D eigenvalue weighted by Gasteiger charge is -2.27. The van der Waals surface area contributed by atoms with Gasteiger partial charge in [-0.05, 0) is 12.1 Å². The summed E-state index contributed by atoms with van der Waals surface area (Å²) in [6.07, 6.45) is 1.00. The number of amides is 1. The third-order valence-electron chi connectivity index (χ3n) is 5.50. The van der Waals surface area contributed by atoms with Gasteiger partial charge in [0.2, 0.25) is 10.0 Å². The van der Waals surface area contributed by atoms with Crippen LogP contribution < -0.4 is 19.1 Å². The number of hydrogen-bond donors (Lipinski definition) is 1. The average molecular weight is 496 g/mol. The Kier molecular flexibility index (Phi) is 8.70. The molecular formula is C23H30FN3O6S. The van der Waals surface area contributed by atoms with Gasteiger partial charge in [0.1, 0.15) is 5.82 Å². The van der Waals surface area contributed by atoms with Gasteiger partial charge >= 0.3 is 0 Å². The summed E-state index contributed by atoms with van der Waals surface area (Å²) in [7, 11) is -1.07. The van der Waals surface area contributed by atoms with Crippen molar-refractivity contribution in [3.63, 3.8) is 0 Å². The molecule has 11 heteroatoms. The zero-order valence-corrected chi connectivity index (χ0v) is 20.4. The zero-order chi connectivity index (χ0) is 24.7. The Bertz CT molecular complexity index is 1110. The van der Waals surface area contributed by atoms with Crippen LogP contribution in [0.2, 0.25) is 0 Å². The summed E-state index contributed by atoms with van der Waals surface area (Å²) in [4.78, 5) is 15.3. The van der Waals surface area contributed by atoms with Crippen LogP contribution >= 0.6 is 0 Å². The maximum atomic E-state index is 14.4. The van der Waals surface area contributed by atoms with Crippen molar-refractivity contribution in [1.82, 2.24) is 10.2 Å². The summed E-state index contributed by atoms with van der Waals surface area (Å²) < 4.78 is 56.9. The Morgan fingerprint density at radius 1 is 1.15 bits per heavy atom. The minimum Gasteiger partial charge on any atom is -0.493 e. The number of carbonyl (C=O) groups excluding carboxylic acids is 1. The van der Waals surface area contributed by atoms with Gasteiger partial charge in [0.05, 0.1) is 51.5 Å². The topological polar surface area (TPSA) is 97.4 Å². The Hall–Kier alpha value is -2.89. The minimum absolute atomic E-state index is 0.0623. The summed E-state index contributed by atoms with van der Waals surface area (Å²) in [6, 6.07) is 8.73. The number of ether oxygens (including phenoxy) is 3. The van der Waals surface area contributed by atoms with Gasteiger partial charge in [0.15, 0.2) is 11.5 Å². The Labute approximate surface area is 199 Å². The molecule has 0 bridgehead atoms. The number of rotatable bonds is 10. The number of carbonyl (C=O) groups is 1. The van der Waals surface area contributed by atoms with Gasteiger partial charge in [-0.3, -0.25) is 14.0 Å². The van der Waals surface area contributed by atoms with Crippen LogP contribution in [0.3, 0.4) is 0 Å². The van der Waals surface area contributed by atoms with Crippen LogP contribution in [-0.4, -0.2) is 79.1 Å². The zero-order valence-electron chi connectivity index (χ0n) is 19.5. The van der Waals surface area contributed by atoms with Crippen LogP contribution in [-0.2, 0) is 21.3 Å². The Balaban J connectivity index is 1.95. The van der Waals surface area contributed by atoms with Gasteiger partial charge in [0.25, 0.3) is 5.91 Å². The fourth-order valence-electron chi connectivity index (χ4n) is 3.67. The van der Waals surface area contributed by atoms with E-state index in [1.165, 1.54) is 44.6 Å². The van der Waals surface area contributed by atoms with E-state index < -0.39 is 21.7 Å². The van der Waals surface area contributed by atoms with E-state index in [4.69, 9.17) is 14.2 Å². The first kappa shape index (κ1) is 25.7. The van der Waals surface area contributed by atoms with Crippen molar-refractivity contribution in [2.24, 2.45) is 0 Å². The van der Waals surface area contributed by atoms with Crippen molar-refractivity contribution in [2.45, 2.75) is 6.54 Å². The van der Waals surface area contributed by atoms with Crippen molar-refractivity contribution in [1.29, 1.82) is 0 Å². The van der Waals surface area contributed by atoms with Crippen LogP contribution in [0.15, 0.2) is 36.4 Å². The molecular weight excluding hydrogens is 465 g/mol. The molecule has 1 aliphatic rings. The Morgan fingerprint density at radius 2 is 1.79 bits per heavy atom. The van der Waals surface area contributed by atoms with E-state index in [2.05, 4.69) is 10.2 Å². The van der Waals surface area contributed by atoms with E-state index in [0.29, 0.717) is 26.3 Å². The van der Waals surface area contributed by atoms with Crippen LogP contribution in [0.4, 0.5) is 10.1 Å². The minimum atomic E-state index is -3.90. The third kappa shape index (κ3) is 6.37. The molecule has 0 unspecified atom stereocenters. The molecule has 1 heterocycles. The fourth-order valence-corrected chi connectivity index (χ4v) is 4.55. The second kappa shape index (κ2) is 11.5. The summed E-state index contributed by atoms with van der Waals surface area (Å²) in [5.74, 6) is -0.520. The van der Waals surface area contributed by atoms with E-state index in [1.54, 1.807) is 6.07 Å². The molecule has 3 rings (SSSR count). The van der Waals surface area contributed by atoms with E-state index in [9.17, 15) is 17.6 Å². The SMILES string of the molecule is COc1cc(C(=O)NCCN2CCOCC2)c(N(Cc2ccccc2F)S(C)(=O)=O)cc1OC. The van der Waals surface area contributed by atoms with Crippen LogP contribution in [0.5, 0.6) is 11.5 Å². The van der Waals surface area contributed by atoms with E-state index in [-0.39, 0.29) is 34.9 Å².